The Labute approximate surface area is 230 Å². The van der Waals surface area contributed by atoms with E-state index in [9.17, 15) is 20.2 Å². The summed E-state index contributed by atoms with van der Waals surface area (Å²) in [5.41, 5.74) is 10.5. The standard InChI is InChI=1S/C33H23N3O4/c1-20-15-21(2)17-24(16-20)34-33-29-13-5-11-27(22-7-3-9-25(18-22)35(37)38)31(29)32-28(12-6-14-30(32)33)23-8-4-10-26(19-23)36(39)40/h3-19H,1-2H3. The molecule has 7 nitrogen and oxygen atoms in total. The molecule has 0 unspecified atom stereocenters. The molecule has 0 radical (unpaired) electrons. The topological polar surface area (TPSA) is 98.6 Å². The SMILES string of the molecule is Cc1cc(C)cc(N=C2c3cccc(-c4cccc([N+](=O)[O-])c4)c3-c3c2cccc3-c2cccc([N+](=O)[O-])c2)c1. The van der Waals surface area contributed by atoms with Gasteiger partial charge in [0.25, 0.3) is 11.4 Å². The molecule has 1 aliphatic carbocycles. The molecule has 0 aliphatic heterocycles. The highest BCUT2D eigenvalue weighted by atomic mass is 16.6. The number of rotatable bonds is 5. The van der Waals surface area contributed by atoms with Gasteiger partial charge >= 0.3 is 0 Å². The number of nitrogens with zero attached hydrogens (tertiary/aromatic N) is 3. The van der Waals surface area contributed by atoms with E-state index in [1.807, 2.05) is 74.5 Å². The molecule has 0 atom stereocenters. The fourth-order valence-electron chi connectivity index (χ4n) is 5.50. The third-order valence-electron chi connectivity index (χ3n) is 7.07. The Hall–Kier alpha value is -5.43. The van der Waals surface area contributed by atoms with Crippen LogP contribution in [0.4, 0.5) is 17.1 Å². The Morgan fingerprint density at radius 1 is 0.550 bits per heavy atom. The third-order valence-corrected chi connectivity index (χ3v) is 7.07. The quantitative estimate of drug-likeness (QED) is 0.166. The summed E-state index contributed by atoms with van der Waals surface area (Å²) >= 11 is 0. The molecule has 0 saturated heterocycles. The molecule has 1 aliphatic rings. The number of benzene rings is 5. The fraction of sp³-hybridized carbons (Fsp3) is 0.0606. The highest BCUT2D eigenvalue weighted by Gasteiger charge is 2.31. The van der Waals surface area contributed by atoms with Crippen LogP contribution in [0.25, 0.3) is 33.4 Å². The van der Waals surface area contributed by atoms with E-state index in [2.05, 4.69) is 6.07 Å². The molecule has 6 rings (SSSR count). The summed E-state index contributed by atoms with van der Waals surface area (Å²) in [7, 11) is 0. The Morgan fingerprint density at radius 2 is 0.975 bits per heavy atom. The molecule has 0 bridgehead atoms. The van der Waals surface area contributed by atoms with Crippen LogP contribution in [-0.4, -0.2) is 15.6 Å². The molecule has 0 fully saturated rings. The van der Waals surface area contributed by atoms with Crippen molar-refractivity contribution in [2.24, 2.45) is 4.99 Å². The van der Waals surface area contributed by atoms with Gasteiger partial charge in [-0.1, -0.05) is 66.7 Å². The smallest absolute Gasteiger partial charge is 0.258 e. The Bertz CT molecular complexity index is 1760. The first-order chi connectivity index (χ1) is 19.3. The number of nitro benzene ring substituents is 2. The first-order valence-corrected chi connectivity index (χ1v) is 12.7. The number of aryl methyl sites for hydroxylation is 2. The average molecular weight is 526 g/mol. The van der Waals surface area contributed by atoms with Gasteiger partial charge in [-0.05, 0) is 59.4 Å². The maximum atomic E-state index is 11.6. The number of hydrogen-bond donors (Lipinski definition) is 0. The number of nitro groups is 2. The van der Waals surface area contributed by atoms with E-state index in [1.54, 1.807) is 24.3 Å². The van der Waals surface area contributed by atoms with Crippen LogP contribution in [0.3, 0.4) is 0 Å². The van der Waals surface area contributed by atoms with E-state index in [-0.39, 0.29) is 11.4 Å². The number of non-ortho nitro benzene ring substituents is 2. The van der Waals surface area contributed by atoms with Gasteiger partial charge in [0.2, 0.25) is 0 Å². The summed E-state index contributed by atoms with van der Waals surface area (Å²) in [4.78, 5) is 27.5. The van der Waals surface area contributed by atoms with Crippen LogP contribution in [0.1, 0.15) is 22.3 Å². The van der Waals surface area contributed by atoms with Gasteiger partial charge in [-0.15, -0.1) is 0 Å². The van der Waals surface area contributed by atoms with Crippen LogP contribution in [0, 0.1) is 34.1 Å². The van der Waals surface area contributed by atoms with Crippen LogP contribution < -0.4 is 0 Å². The van der Waals surface area contributed by atoms with Crippen LogP contribution in [0.15, 0.2) is 108 Å². The molecule has 5 aromatic rings. The van der Waals surface area contributed by atoms with Crippen molar-refractivity contribution in [3.8, 4) is 33.4 Å². The van der Waals surface area contributed by atoms with Crippen molar-refractivity contribution < 1.29 is 9.85 Å². The van der Waals surface area contributed by atoms with E-state index >= 15 is 0 Å². The van der Waals surface area contributed by atoms with Gasteiger partial charge in [-0.2, -0.15) is 0 Å². The van der Waals surface area contributed by atoms with Crippen molar-refractivity contribution in [2.75, 3.05) is 0 Å². The highest BCUT2D eigenvalue weighted by molar-refractivity contribution is 6.28. The predicted molar refractivity (Wildman–Crippen MR) is 157 cm³/mol. The van der Waals surface area contributed by atoms with Crippen LogP contribution >= 0.6 is 0 Å². The van der Waals surface area contributed by atoms with Gasteiger partial charge in [-0.3, -0.25) is 20.2 Å². The monoisotopic (exact) mass is 525 g/mol. The minimum absolute atomic E-state index is 0.00409. The van der Waals surface area contributed by atoms with Gasteiger partial charge in [0.1, 0.15) is 0 Å². The lowest BCUT2D eigenvalue weighted by Gasteiger charge is -2.13. The number of hydrogen-bond acceptors (Lipinski definition) is 5. The summed E-state index contributed by atoms with van der Waals surface area (Å²) in [6, 6.07) is 31.1. The molecular formula is C33H23N3O4. The zero-order valence-corrected chi connectivity index (χ0v) is 21.8. The van der Waals surface area contributed by atoms with E-state index in [0.29, 0.717) is 11.1 Å². The Kier molecular flexibility index (Phi) is 6.04. The predicted octanol–water partition coefficient (Wildman–Crippen LogP) is 8.60. The average Bonchev–Trinajstić information content (AvgIpc) is 3.26. The van der Waals surface area contributed by atoms with Crippen LogP contribution in [0.5, 0.6) is 0 Å². The van der Waals surface area contributed by atoms with Gasteiger partial charge < -0.3 is 0 Å². The Balaban J connectivity index is 1.68. The minimum atomic E-state index is -0.401. The molecular weight excluding hydrogens is 502 g/mol. The van der Waals surface area contributed by atoms with Gasteiger partial charge in [0, 0.05) is 46.5 Å². The second-order valence-corrected chi connectivity index (χ2v) is 9.88. The molecule has 7 heteroatoms. The Morgan fingerprint density at radius 3 is 1.43 bits per heavy atom. The molecule has 0 amide bonds. The van der Waals surface area contributed by atoms with Crippen molar-refractivity contribution in [3.63, 3.8) is 0 Å². The maximum absolute atomic E-state index is 11.6. The van der Waals surface area contributed by atoms with Crippen molar-refractivity contribution in [1.82, 2.24) is 0 Å². The molecule has 0 heterocycles. The van der Waals surface area contributed by atoms with Crippen LogP contribution in [-0.2, 0) is 0 Å². The molecule has 0 saturated carbocycles. The van der Waals surface area contributed by atoms with E-state index in [1.165, 1.54) is 12.1 Å². The third kappa shape index (κ3) is 4.33. The maximum Gasteiger partial charge on any atom is 0.270 e. The van der Waals surface area contributed by atoms with E-state index in [4.69, 9.17) is 4.99 Å². The zero-order chi connectivity index (χ0) is 28.0. The van der Waals surface area contributed by atoms with Gasteiger partial charge in [0.15, 0.2) is 0 Å². The number of aliphatic imine (C=N–C) groups is 1. The first-order valence-electron chi connectivity index (χ1n) is 12.7. The molecule has 0 aromatic heterocycles. The second kappa shape index (κ2) is 9.71. The normalized spacial score (nSPS) is 11.6. The van der Waals surface area contributed by atoms with Crippen molar-refractivity contribution in [2.45, 2.75) is 13.8 Å². The van der Waals surface area contributed by atoms with Crippen LogP contribution in [0.2, 0.25) is 0 Å². The van der Waals surface area contributed by atoms with E-state index in [0.717, 1.165) is 55.9 Å². The summed E-state index contributed by atoms with van der Waals surface area (Å²) in [6.45, 7) is 4.07. The van der Waals surface area contributed by atoms with Crippen molar-refractivity contribution in [1.29, 1.82) is 0 Å². The molecule has 5 aromatic carbocycles. The number of fused-ring (bicyclic) bond motifs is 3. The van der Waals surface area contributed by atoms with Crippen molar-refractivity contribution >= 4 is 22.8 Å². The summed E-state index contributed by atoms with van der Waals surface area (Å²) in [5, 5.41) is 23.2. The fourth-order valence-corrected chi connectivity index (χ4v) is 5.50. The first kappa shape index (κ1) is 24.9. The summed E-state index contributed by atoms with van der Waals surface area (Å²) < 4.78 is 0. The largest absolute Gasteiger partial charge is 0.270 e. The summed E-state index contributed by atoms with van der Waals surface area (Å²) in [5.74, 6) is 0. The molecule has 0 N–H and O–H groups in total. The van der Waals surface area contributed by atoms with Gasteiger partial charge in [-0.25, -0.2) is 4.99 Å². The molecule has 40 heavy (non-hydrogen) atoms. The minimum Gasteiger partial charge on any atom is -0.258 e. The lowest BCUT2D eigenvalue weighted by atomic mass is 9.89. The lowest BCUT2D eigenvalue weighted by Crippen LogP contribution is -1.98. The molecule has 194 valence electrons. The lowest BCUT2D eigenvalue weighted by molar-refractivity contribution is -0.385. The molecule has 0 spiro atoms. The zero-order valence-electron chi connectivity index (χ0n) is 21.8. The van der Waals surface area contributed by atoms with Crippen molar-refractivity contribution in [3.05, 3.63) is 146 Å². The van der Waals surface area contributed by atoms with Gasteiger partial charge in [0.05, 0.1) is 21.2 Å². The highest BCUT2D eigenvalue weighted by Crippen LogP contribution is 2.48. The second-order valence-electron chi connectivity index (χ2n) is 9.88. The van der Waals surface area contributed by atoms with E-state index < -0.39 is 9.85 Å². The summed E-state index contributed by atoms with van der Waals surface area (Å²) in [6.07, 6.45) is 0.